The molecular weight excluding hydrogens is 236 g/mol. The first-order chi connectivity index (χ1) is 8.35. The molecule has 0 aromatic carbocycles. The molecule has 0 spiro atoms. The minimum atomic E-state index is -0.169. The number of hydrogen-bond donors (Lipinski definition) is 2. The van der Waals surface area contributed by atoms with Crippen molar-refractivity contribution in [2.24, 2.45) is 0 Å². The molecular formula is C10H12N6S. The van der Waals surface area contributed by atoms with E-state index in [1.165, 1.54) is 18.1 Å². The average molecular weight is 248 g/mol. The molecule has 0 aliphatic carbocycles. The zero-order valence-electron chi connectivity index (χ0n) is 9.34. The zero-order valence-corrected chi connectivity index (χ0v) is 10.2. The number of nitrogens with one attached hydrogen (secondary N) is 2. The van der Waals surface area contributed by atoms with Gasteiger partial charge in [-0.15, -0.1) is 11.8 Å². The summed E-state index contributed by atoms with van der Waals surface area (Å²) in [7, 11) is 0. The van der Waals surface area contributed by atoms with Gasteiger partial charge in [0.15, 0.2) is 5.65 Å². The van der Waals surface area contributed by atoms with Crippen molar-refractivity contribution in [2.75, 3.05) is 12.3 Å². The van der Waals surface area contributed by atoms with E-state index < -0.39 is 0 Å². The number of H-pyrrole nitrogens is 1. The van der Waals surface area contributed by atoms with Crippen LogP contribution in [-0.4, -0.2) is 38.3 Å². The molecule has 6 nitrogen and oxygen atoms in total. The molecule has 17 heavy (non-hydrogen) atoms. The van der Waals surface area contributed by atoms with Gasteiger partial charge in [-0.05, 0) is 6.54 Å². The number of aromatic amines is 1. The molecule has 0 fully saturated rings. The van der Waals surface area contributed by atoms with Crippen molar-refractivity contribution >= 4 is 22.9 Å². The van der Waals surface area contributed by atoms with E-state index in [0.717, 1.165) is 17.1 Å². The minimum Gasteiger partial charge on any atom is -0.341 e. The van der Waals surface area contributed by atoms with Crippen LogP contribution in [0.3, 0.4) is 0 Å². The predicted octanol–water partition coefficient (Wildman–Crippen LogP) is 0.947. The van der Waals surface area contributed by atoms with Crippen LogP contribution >= 0.6 is 11.8 Å². The first-order valence-corrected chi connectivity index (χ1v) is 6.23. The lowest BCUT2D eigenvalue weighted by Crippen LogP contribution is -2.29. The van der Waals surface area contributed by atoms with E-state index in [9.17, 15) is 0 Å². The van der Waals surface area contributed by atoms with Crippen LogP contribution in [0.1, 0.15) is 6.92 Å². The molecule has 0 saturated heterocycles. The first-order valence-electron chi connectivity index (χ1n) is 5.25. The number of fused-ring (bicyclic) bond motifs is 1. The fourth-order valence-corrected chi connectivity index (χ4v) is 2.34. The fourth-order valence-electron chi connectivity index (χ4n) is 1.40. The molecule has 0 aliphatic heterocycles. The van der Waals surface area contributed by atoms with E-state index in [1.54, 1.807) is 6.33 Å². The van der Waals surface area contributed by atoms with Crippen molar-refractivity contribution in [2.45, 2.75) is 18.0 Å². The second-order valence-electron chi connectivity index (χ2n) is 3.33. The molecule has 2 heterocycles. The number of hydrogen-bond acceptors (Lipinski definition) is 6. The molecule has 0 radical (unpaired) electrons. The van der Waals surface area contributed by atoms with Crippen LogP contribution in [0, 0.1) is 11.3 Å². The standard InChI is InChI=1S/C10H12N6S/c1-2-12-7(3-11)4-17-10-8-9(14-5-13-8)15-6-16-10/h5-7,12H,2,4H2,1H3,(H,13,14,15,16). The van der Waals surface area contributed by atoms with Gasteiger partial charge in [0, 0.05) is 5.75 Å². The Labute approximate surface area is 103 Å². The molecule has 0 bridgehead atoms. The number of thioether (sulfide) groups is 1. The number of nitrogens with zero attached hydrogens (tertiary/aromatic N) is 4. The normalized spacial score (nSPS) is 12.5. The molecule has 88 valence electrons. The van der Waals surface area contributed by atoms with E-state index >= 15 is 0 Å². The van der Waals surface area contributed by atoms with Gasteiger partial charge in [0.1, 0.15) is 22.9 Å². The Balaban J connectivity index is 2.08. The molecule has 2 rings (SSSR count). The number of nitriles is 1. The minimum absolute atomic E-state index is 0.169. The summed E-state index contributed by atoms with van der Waals surface area (Å²) in [5.41, 5.74) is 1.48. The molecule has 2 aromatic heterocycles. The second kappa shape index (κ2) is 5.61. The van der Waals surface area contributed by atoms with Gasteiger partial charge in [0.2, 0.25) is 0 Å². The summed E-state index contributed by atoms with van der Waals surface area (Å²) in [6, 6.07) is 2.05. The molecule has 0 saturated carbocycles. The molecule has 1 unspecified atom stereocenters. The number of rotatable bonds is 5. The van der Waals surface area contributed by atoms with Gasteiger partial charge in [-0.2, -0.15) is 5.26 Å². The smallest absolute Gasteiger partial charge is 0.181 e. The average Bonchev–Trinajstić information content (AvgIpc) is 2.83. The van der Waals surface area contributed by atoms with Crippen molar-refractivity contribution in [3.05, 3.63) is 12.7 Å². The van der Waals surface area contributed by atoms with Crippen LogP contribution in [0.5, 0.6) is 0 Å². The fraction of sp³-hybridized carbons (Fsp3) is 0.400. The maximum Gasteiger partial charge on any atom is 0.181 e. The number of aromatic nitrogens is 4. The quantitative estimate of drug-likeness (QED) is 0.604. The summed E-state index contributed by atoms with van der Waals surface area (Å²) < 4.78 is 0. The van der Waals surface area contributed by atoms with Gasteiger partial charge < -0.3 is 10.3 Å². The highest BCUT2D eigenvalue weighted by atomic mass is 32.2. The van der Waals surface area contributed by atoms with Crippen LogP contribution in [0.2, 0.25) is 0 Å². The van der Waals surface area contributed by atoms with Gasteiger partial charge in [0.25, 0.3) is 0 Å². The molecule has 0 aliphatic rings. The van der Waals surface area contributed by atoms with Crippen LogP contribution in [0.4, 0.5) is 0 Å². The molecule has 2 N–H and O–H groups in total. The van der Waals surface area contributed by atoms with Gasteiger partial charge >= 0.3 is 0 Å². The third-order valence-corrected chi connectivity index (χ3v) is 3.26. The van der Waals surface area contributed by atoms with E-state index in [-0.39, 0.29) is 6.04 Å². The second-order valence-corrected chi connectivity index (χ2v) is 4.34. The van der Waals surface area contributed by atoms with E-state index in [1.807, 2.05) is 6.92 Å². The van der Waals surface area contributed by atoms with Crippen molar-refractivity contribution < 1.29 is 0 Å². The summed E-state index contributed by atoms with van der Waals surface area (Å²) in [6.07, 6.45) is 3.08. The Morgan fingerprint density at radius 1 is 1.53 bits per heavy atom. The summed E-state index contributed by atoms with van der Waals surface area (Å²) in [5.74, 6) is 0.648. The predicted molar refractivity (Wildman–Crippen MR) is 65.5 cm³/mol. The molecule has 7 heteroatoms. The van der Waals surface area contributed by atoms with Gasteiger partial charge in [0.05, 0.1) is 12.4 Å². The van der Waals surface area contributed by atoms with E-state index in [4.69, 9.17) is 5.26 Å². The Morgan fingerprint density at radius 2 is 2.41 bits per heavy atom. The van der Waals surface area contributed by atoms with Crippen LogP contribution in [0.25, 0.3) is 11.2 Å². The van der Waals surface area contributed by atoms with Crippen molar-refractivity contribution in [3.63, 3.8) is 0 Å². The Bertz CT molecular complexity index is 531. The van der Waals surface area contributed by atoms with Gasteiger partial charge in [-0.25, -0.2) is 15.0 Å². The summed E-state index contributed by atoms with van der Waals surface area (Å²) in [6.45, 7) is 2.76. The van der Waals surface area contributed by atoms with E-state index in [0.29, 0.717) is 11.4 Å². The molecule has 2 aromatic rings. The third-order valence-electron chi connectivity index (χ3n) is 2.18. The van der Waals surface area contributed by atoms with Gasteiger partial charge in [-0.1, -0.05) is 6.92 Å². The highest BCUT2D eigenvalue weighted by molar-refractivity contribution is 7.99. The first kappa shape index (κ1) is 11.8. The van der Waals surface area contributed by atoms with E-state index in [2.05, 4.69) is 31.3 Å². The topological polar surface area (TPSA) is 90.3 Å². The highest BCUT2D eigenvalue weighted by Gasteiger charge is 2.10. The molecule has 0 amide bonds. The Morgan fingerprint density at radius 3 is 3.18 bits per heavy atom. The monoisotopic (exact) mass is 248 g/mol. The highest BCUT2D eigenvalue weighted by Crippen LogP contribution is 2.22. The zero-order chi connectivity index (χ0) is 12.1. The number of imidazole rings is 1. The summed E-state index contributed by atoms with van der Waals surface area (Å²) >= 11 is 1.52. The van der Waals surface area contributed by atoms with Gasteiger partial charge in [-0.3, -0.25) is 0 Å². The Kier molecular flexibility index (Phi) is 3.90. The lowest BCUT2D eigenvalue weighted by Gasteiger charge is -2.08. The summed E-state index contributed by atoms with van der Waals surface area (Å²) in [4.78, 5) is 15.3. The van der Waals surface area contributed by atoms with Crippen molar-refractivity contribution in [1.82, 2.24) is 25.3 Å². The Hall–Kier alpha value is -1.65. The maximum atomic E-state index is 8.93. The van der Waals surface area contributed by atoms with Crippen molar-refractivity contribution in [1.29, 1.82) is 5.26 Å². The third kappa shape index (κ3) is 2.72. The van der Waals surface area contributed by atoms with Crippen LogP contribution < -0.4 is 5.32 Å². The SMILES string of the molecule is CCNC(C#N)CSc1ncnc2nc[nH]c12. The van der Waals surface area contributed by atoms with Crippen molar-refractivity contribution in [3.8, 4) is 6.07 Å². The van der Waals surface area contributed by atoms with Crippen LogP contribution in [-0.2, 0) is 0 Å². The largest absolute Gasteiger partial charge is 0.341 e. The maximum absolute atomic E-state index is 8.93. The van der Waals surface area contributed by atoms with Crippen LogP contribution in [0.15, 0.2) is 17.7 Å². The lowest BCUT2D eigenvalue weighted by molar-refractivity contribution is 0.677. The lowest BCUT2D eigenvalue weighted by atomic mass is 10.4. The summed E-state index contributed by atoms with van der Waals surface area (Å²) in [5, 5.41) is 12.8. The molecule has 1 atom stereocenters.